The molecule has 0 bridgehead atoms. The van der Waals surface area contributed by atoms with E-state index in [4.69, 9.17) is 9.63 Å². The van der Waals surface area contributed by atoms with Crippen molar-refractivity contribution < 1.29 is 14.4 Å². The minimum Gasteiger partial charge on any atom is -0.480 e. The Bertz CT molecular complexity index is 520. The molecule has 2 saturated heterocycles. The zero-order valence-electron chi connectivity index (χ0n) is 12.5. The van der Waals surface area contributed by atoms with E-state index in [1.165, 1.54) is 0 Å². The summed E-state index contributed by atoms with van der Waals surface area (Å²) < 4.78 is 5.25. The van der Waals surface area contributed by atoms with Gasteiger partial charge in [0.1, 0.15) is 6.04 Å². The van der Waals surface area contributed by atoms with Crippen molar-refractivity contribution in [1.29, 1.82) is 0 Å². The maximum absolute atomic E-state index is 11.1. The first-order chi connectivity index (χ1) is 9.99. The highest BCUT2D eigenvalue weighted by Gasteiger charge is 2.44. The minimum atomic E-state index is -0.742. The summed E-state index contributed by atoms with van der Waals surface area (Å²) in [4.78, 5) is 17.6. The number of carboxylic acid groups (broad SMARTS) is 1. The number of nitrogens with zero attached hydrogens (tertiary/aromatic N) is 3. The van der Waals surface area contributed by atoms with Gasteiger partial charge >= 0.3 is 5.97 Å². The van der Waals surface area contributed by atoms with Gasteiger partial charge in [-0.05, 0) is 29.8 Å². The molecule has 7 heteroatoms. The van der Waals surface area contributed by atoms with Crippen molar-refractivity contribution in [2.75, 3.05) is 24.5 Å². The lowest BCUT2D eigenvalue weighted by Crippen LogP contribution is -2.41. The minimum absolute atomic E-state index is 0.115. The lowest BCUT2D eigenvalue weighted by Gasteiger charge is -2.38. The molecule has 0 aliphatic carbocycles. The van der Waals surface area contributed by atoms with Crippen LogP contribution in [0.4, 0.5) is 5.95 Å². The van der Waals surface area contributed by atoms with Gasteiger partial charge in [-0.1, -0.05) is 13.8 Å². The average molecular weight is 294 g/mol. The standard InChI is InChI=1S/C14H22N4O3/c1-9(2)11-16-13(17-21-11)18-5-3-14(4-6-18)7-10(12(19)20)15-8-14/h9-10,15H,3-8H2,1-2H3,(H,19,20). The van der Waals surface area contributed by atoms with Gasteiger partial charge in [0.05, 0.1) is 0 Å². The van der Waals surface area contributed by atoms with E-state index in [0.717, 1.165) is 38.9 Å². The van der Waals surface area contributed by atoms with Gasteiger partial charge in [-0.15, -0.1) is 0 Å². The van der Waals surface area contributed by atoms with Gasteiger partial charge in [0.15, 0.2) is 0 Å². The van der Waals surface area contributed by atoms with Crippen LogP contribution in [-0.2, 0) is 4.79 Å². The Hall–Kier alpha value is -1.63. The van der Waals surface area contributed by atoms with Gasteiger partial charge in [0.25, 0.3) is 5.95 Å². The topological polar surface area (TPSA) is 91.5 Å². The Morgan fingerprint density at radius 3 is 2.71 bits per heavy atom. The third-order valence-electron chi connectivity index (χ3n) is 4.69. The number of aliphatic carboxylic acids is 1. The first-order valence-corrected chi connectivity index (χ1v) is 7.54. The van der Waals surface area contributed by atoms with Crippen molar-refractivity contribution in [3.05, 3.63) is 5.89 Å². The first kappa shape index (κ1) is 14.3. The molecule has 116 valence electrons. The number of carbonyl (C=O) groups is 1. The van der Waals surface area contributed by atoms with E-state index in [1.807, 2.05) is 13.8 Å². The van der Waals surface area contributed by atoms with E-state index in [2.05, 4.69) is 20.4 Å². The third kappa shape index (κ3) is 2.74. The lowest BCUT2D eigenvalue weighted by molar-refractivity contribution is -0.139. The van der Waals surface area contributed by atoms with E-state index < -0.39 is 12.0 Å². The van der Waals surface area contributed by atoms with E-state index in [-0.39, 0.29) is 11.3 Å². The number of nitrogens with one attached hydrogen (secondary N) is 1. The van der Waals surface area contributed by atoms with Crippen LogP contribution in [0, 0.1) is 5.41 Å². The summed E-state index contributed by atoms with van der Waals surface area (Å²) in [5, 5.41) is 16.3. The van der Waals surface area contributed by atoms with E-state index in [9.17, 15) is 4.79 Å². The largest absolute Gasteiger partial charge is 0.480 e. The number of aromatic nitrogens is 2. The number of anilines is 1. The first-order valence-electron chi connectivity index (χ1n) is 7.54. The number of hydrogen-bond donors (Lipinski definition) is 2. The van der Waals surface area contributed by atoms with Crippen LogP contribution in [0.2, 0.25) is 0 Å². The molecular weight excluding hydrogens is 272 g/mol. The van der Waals surface area contributed by atoms with Crippen molar-refractivity contribution >= 4 is 11.9 Å². The highest BCUT2D eigenvalue weighted by atomic mass is 16.5. The monoisotopic (exact) mass is 294 g/mol. The predicted molar refractivity (Wildman–Crippen MR) is 76.3 cm³/mol. The highest BCUT2D eigenvalue weighted by Crippen LogP contribution is 2.40. The summed E-state index contributed by atoms with van der Waals surface area (Å²) in [5.74, 6) is 0.819. The molecule has 3 rings (SSSR count). The molecule has 1 aromatic heterocycles. The second kappa shape index (κ2) is 5.29. The molecule has 2 aliphatic rings. The maximum Gasteiger partial charge on any atom is 0.320 e. The zero-order valence-corrected chi connectivity index (χ0v) is 12.5. The van der Waals surface area contributed by atoms with Gasteiger partial charge in [-0.25, -0.2) is 0 Å². The van der Waals surface area contributed by atoms with Crippen molar-refractivity contribution in [3.63, 3.8) is 0 Å². The van der Waals surface area contributed by atoms with Gasteiger partial charge in [0.2, 0.25) is 5.89 Å². The molecule has 1 aromatic rings. The number of rotatable bonds is 3. The Morgan fingerprint density at radius 2 is 2.19 bits per heavy atom. The lowest BCUT2D eigenvalue weighted by atomic mass is 9.76. The summed E-state index contributed by atoms with van der Waals surface area (Å²) in [6.07, 6.45) is 2.66. The molecule has 1 spiro atoms. The molecule has 2 aliphatic heterocycles. The molecule has 2 N–H and O–H groups in total. The van der Waals surface area contributed by atoms with Crippen LogP contribution >= 0.6 is 0 Å². The molecule has 21 heavy (non-hydrogen) atoms. The van der Waals surface area contributed by atoms with Gasteiger partial charge in [-0.3, -0.25) is 4.79 Å². The van der Waals surface area contributed by atoms with Crippen LogP contribution in [0.5, 0.6) is 0 Å². The fraction of sp³-hybridized carbons (Fsp3) is 0.786. The van der Waals surface area contributed by atoms with Crippen molar-refractivity contribution in [1.82, 2.24) is 15.5 Å². The van der Waals surface area contributed by atoms with E-state index in [0.29, 0.717) is 11.8 Å². The van der Waals surface area contributed by atoms with E-state index >= 15 is 0 Å². The van der Waals surface area contributed by atoms with Gasteiger partial charge < -0.3 is 19.8 Å². The number of piperidine rings is 1. The quantitative estimate of drug-likeness (QED) is 0.866. The predicted octanol–water partition coefficient (Wildman–Crippen LogP) is 1.23. The number of hydrogen-bond acceptors (Lipinski definition) is 6. The molecule has 0 aromatic carbocycles. The summed E-state index contributed by atoms with van der Waals surface area (Å²) in [6, 6.07) is -0.394. The van der Waals surface area contributed by atoms with Crippen LogP contribution in [0.15, 0.2) is 4.52 Å². The van der Waals surface area contributed by atoms with Crippen LogP contribution in [0.1, 0.15) is 44.9 Å². The summed E-state index contributed by atoms with van der Waals surface area (Å²) >= 11 is 0. The summed E-state index contributed by atoms with van der Waals surface area (Å²) in [5.41, 5.74) is 0.115. The second-order valence-corrected chi connectivity index (χ2v) is 6.55. The number of carboxylic acids is 1. The molecule has 0 amide bonds. The fourth-order valence-corrected chi connectivity index (χ4v) is 3.24. The van der Waals surface area contributed by atoms with Crippen LogP contribution in [0.25, 0.3) is 0 Å². The Kier molecular flexibility index (Phi) is 3.61. The maximum atomic E-state index is 11.1. The van der Waals surface area contributed by atoms with Crippen LogP contribution in [-0.4, -0.2) is 46.9 Å². The molecule has 0 saturated carbocycles. The molecule has 2 fully saturated rings. The zero-order chi connectivity index (χ0) is 15.0. The Morgan fingerprint density at radius 1 is 1.48 bits per heavy atom. The molecular formula is C14H22N4O3. The summed E-state index contributed by atoms with van der Waals surface area (Å²) in [6.45, 7) is 6.55. The highest BCUT2D eigenvalue weighted by molar-refractivity contribution is 5.74. The van der Waals surface area contributed by atoms with Crippen LogP contribution < -0.4 is 10.2 Å². The molecule has 1 atom stereocenters. The summed E-state index contributed by atoms with van der Waals surface area (Å²) in [7, 11) is 0. The Labute approximate surface area is 123 Å². The van der Waals surface area contributed by atoms with Gasteiger partial charge in [0, 0.05) is 25.6 Å². The van der Waals surface area contributed by atoms with Crippen molar-refractivity contribution in [2.45, 2.75) is 45.1 Å². The van der Waals surface area contributed by atoms with Crippen molar-refractivity contribution in [3.8, 4) is 0 Å². The molecule has 7 nitrogen and oxygen atoms in total. The normalized spacial score (nSPS) is 24.9. The third-order valence-corrected chi connectivity index (χ3v) is 4.69. The fourth-order valence-electron chi connectivity index (χ4n) is 3.24. The second-order valence-electron chi connectivity index (χ2n) is 6.55. The molecule has 3 heterocycles. The van der Waals surface area contributed by atoms with Crippen molar-refractivity contribution in [2.24, 2.45) is 5.41 Å². The van der Waals surface area contributed by atoms with Gasteiger partial charge in [-0.2, -0.15) is 4.98 Å². The average Bonchev–Trinajstić information content (AvgIpc) is 3.07. The molecule has 1 unspecified atom stereocenters. The van der Waals surface area contributed by atoms with E-state index in [1.54, 1.807) is 0 Å². The SMILES string of the molecule is CC(C)c1nc(N2CCC3(CC2)CNC(C(=O)O)C3)no1. The Balaban J connectivity index is 1.61. The van der Waals surface area contributed by atoms with Crippen LogP contribution in [0.3, 0.4) is 0 Å². The molecule has 0 radical (unpaired) electrons. The smallest absolute Gasteiger partial charge is 0.320 e.